The first-order chi connectivity index (χ1) is 3.66. The summed E-state index contributed by atoms with van der Waals surface area (Å²) in [5.74, 6) is 0.185. The summed E-state index contributed by atoms with van der Waals surface area (Å²) in [6, 6.07) is 0. The summed E-state index contributed by atoms with van der Waals surface area (Å²) >= 11 is 20.9. The first-order valence-electron chi connectivity index (χ1n) is 1.69. The molecular weight excluding hydrogens is 190 g/mol. The van der Waals surface area contributed by atoms with E-state index in [1.165, 1.54) is 0 Å². The molecule has 0 aliphatic rings. The molecule has 46 valence electrons. The molecule has 0 unspecified atom stereocenters. The van der Waals surface area contributed by atoms with Crippen LogP contribution in [0.15, 0.2) is 15.3 Å². The minimum Gasteiger partial charge on any atom is -0.120 e. The average molecular weight is 192 g/mol. The molecule has 0 fully saturated rings. The standard InChI is InChI=1S/C4H2Cl4/c5-2-3(6)1-4(7)8/h2H2. The fourth-order valence-electron chi connectivity index (χ4n) is 0.136. The summed E-state index contributed by atoms with van der Waals surface area (Å²) in [6.07, 6.45) is 0. The van der Waals surface area contributed by atoms with Gasteiger partial charge in [-0.3, -0.25) is 0 Å². The van der Waals surface area contributed by atoms with Gasteiger partial charge in [0.05, 0.1) is 10.9 Å². The van der Waals surface area contributed by atoms with Gasteiger partial charge in [-0.2, -0.15) is 0 Å². The lowest BCUT2D eigenvalue weighted by Gasteiger charge is -1.78. The molecule has 0 bridgehead atoms. The molecule has 8 heavy (non-hydrogen) atoms. The largest absolute Gasteiger partial charge is 0.150 e. The maximum atomic E-state index is 5.34. The van der Waals surface area contributed by atoms with E-state index in [2.05, 4.69) is 5.73 Å². The Morgan fingerprint density at radius 3 is 1.88 bits per heavy atom. The van der Waals surface area contributed by atoms with E-state index in [9.17, 15) is 0 Å². The van der Waals surface area contributed by atoms with Crippen LogP contribution in [0.5, 0.6) is 0 Å². The van der Waals surface area contributed by atoms with Gasteiger partial charge in [0.2, 0.25) is 0 Å². The fourth-order valence-corrected chi connectivity index (χ4v) is 0.622. The summed E-state index contributed by atoms with van der Waals surface area (Å²) in [5, 5.41) is 0.312. The van der Waals surface area contributed by atoms with Crippen LogP contribution in [0.4, 0.5) is 0 Å². The van der Waals surface area contributed by atoms with Crippen molar-refractivity contribution >= 4 is 46.4 Å². The van der Waals surface area contributed by atoms with Gasteiger partial charge in [0, 0.05) is 0 Å². The predicted octanol–water partition coefficient (Wildman–Crippen LogP) is 3.27. The normalized spacial score (nSPS) is 8.00. The maximum absolute atomic E-state index is 5.34. The van der Waals surface area contributed by atoms with Crippen LogP contribution in [-0.2, 0) is 0 Å². The highest BCUT2D eigenvalue weighted by atomic mass is 35.5. The zero-order valence-electron chi connectivity index (χ0n) is 3.72. The van der Waals surface area contributed by atoms with Crippen molar-refractivity contribution in [3.8, 4) is 0 Å². The molecule has 0 aliphatic heterocycles. The fraction of sp³-hybridized carbons (Fsp3) is 0.250. The third-order valence-electron chi connectivity index (χ3n) is 0.347. The molecule has 0 amide bonds. The second-order valence-corrected chi connectivity index (χ2v) is 2.60. The Balaban J connectivity index is 4.13. The minimum absolute atomic E-state index is 0.00403. The highest BCUT2D eigenvalue weighted by Gasteiger charge is 1.84. The van der Waals surface area contributed by atoms with Gasteiger partial charge in [-0.1, -0.05) is 40.5 Å². The zero-order chi connectivity index (χ0) is 6.57. The third-order valence-corrected chi connectivity index (χ3v) is 1.17. The van der Waals surface area contributed by atoms with Crippen molar-refractivity contribution in [2.24, 2.45) is 0 Å². The molecule has 4 heteroatoms. The number of hydrogen-bond acceptors (Lipinski definition) is 0. The van der Waals surface area contributed by atoms with E-state index < -0.39 is 0 Å². The van der Waals surface area contributed by atoms with Gasteiger partial charge in [-0.05, 0) is 0 Å². The van der Waals surface area contributed by atoms with Crippen molar-refractivity contribution in [2.75, 3.05) is 5.88 Å². The average Bonchev–Trinajstić information content (AvgIpc) is 1.65. The van der Waals surface area contributed by atoms with E-state index in [-0.39, 0.29) is 10.4 Å². The topological polar surface area (TPSA) is 0 Å². The predicted molar refractivity (Wildman–Crippen MR) is 38.8 cm³/mol. The number of hydrogen-bond donors (Lipinski definition) is 0. The van der Waals surface area contributed by atoms with E-state index in [1.54, 1.807) is 0 Å². The van der Waals surface area contributed by atoms with E-state index in [0.29, 0.717) is 5.03 Å². The summed E-state index contributed by atoms with van der Waals surface area (Å²) < 4.78 is -0.00403. The zero-order valence-corrected chi connectivity index (χ0v) is 6.74. The lowest BCUT2D eigenvalue weighted by atomic mass is 10.7. The van der Waals surface area contributed by atoms with Gasteiger partial charge in [0.15, 0.2) is 0 Å². The second kappa shape index (κ2) is 4.55. The van der Waals surface area contributed by atoms with Crippen LogP contribution < -0.4 is 0 Å². The SMILES string of the molecule is ClCC(Cl)=C=C(Cl)Cl. The maximum Gasteiger partial charge on any atom is 0.150 e. The highest BCUT2D eigenvalue weighted by molar-refractivity contribution is 6.56. The molecule has 0 aromatic heterocycles. The molecule has 0 aliphatic carbocycles. The molecule has 0 N–H and O–H groups in total. The highest BCUT2D eigenvalue weighted by Crippen LogP contribution is 2.08. The van der Waals surface area contributed by atoms with Gasteiger partial charge in [-0.25, -0.2) is 0 Å². The molecule has 0 aromatic rings. The van der Waals surface area contributed by atoms with Crippen LogP contribution in [0.3, 0.4) is 0 Å². The van der Waals surface area contributed by atoms with Gasteiger partial charge in [0.25, 0.3) is 0 Å². The molecule has 0 saturated carbocycles. The summed E-state index contributed by atoms with van der Waals surface area (Å²) in [6.45, 7) is 0. The quantitative estimate of drug-likeness (QED) is 0.441. The van der Waals surface area contributed by atoms with Crippen LogP contribution in [0.2, 0.25) is 0 Å². The molecule has 0 rings (SSSR count). The molecule has 0 saturated heterocycles. The minimum atomic E-state index is -0.00403. The summed E-state index contributed by atoms with van der Waals surface area (Å²) in [5.41, 5.74) is 2.39. The number of halogens is 4. The third kappa shape index (κ3) is 4.83. The Bertz CT molecular complexity index is 127. The van der Waals surface area contributed by atoms with Gasteiger partial charge >= 0.3 is 0 Å². The van der Waals surface area contributed by atoms with Crippen molar-refractivity contribution in [3.05, 3.63) is 15.3 Å². The first kappa shape index (κ1) is 8.68. The van der Waals surface area contributed by atoms with Crippen LogP contribution in [-0.4, -0.2) is 5.88 Å². The van der Waals surface area contributed by atoms with Crippen molar-refractivity contribution in [1.82, 2.24) is 0 Å². The van der Waals surface area contributed by atoms with Crippen molar-refractivity contribution in [2.45, 2.75) is 0 Å². The Labute approximate surface area is 67.7 Å². The van der Waals surface area contributed by atoms with Gasteiger partial charge in [0.1, 0.15) is 4.49 Å². The van der Waals surface area contributed by atoms with Crippen LogP contribution in [0, 0.1) is 0 Å². The first-order valence-corrected chi connectivity index (χ1v) is 3.36. The van der Waals surface area contributed by atoms with Crippen molar-refractivity contribution < 1.29 is 0 Å². The summed E-state index contributed by atoms with van der Waals surface area (Å²) in [4.78, 5) is 0. The molecule has 0 nitrogen and oxygen atoms in total. The second-order valence-electron chi connectivity index (χ2n) is 0.924. The Hall–Kier alpha value is 0.680. The van der Waals surface area contributed by atoms with E-state index in [0.717, 1.165) is 0 Å². The Morgan fingerprint density at radius 2 is 1.75 bits per heavy atom. The molecular formula is C4H2Cl4. The van der Waals surface area contributed by atoms with E-state index in [4.69, 9.17) is 46.4 Å². The van der Waals surface area contributed by atoms with Gasteiger partial charge < -0.3 is 0 Å². The Morgan fingerprint density at radius 1 is 1.25 bits per heavy atom. The molecule has 0 heterocycles. The lowest BCUT2D eigenvalue weighted by Crippen LogP contribution is -1.65. The molecule has 0 spiro atoms. The van der Waals surface area contributed by atoms with Crippen molar-refractivity contribution in [1.29, 1.82) is 0 Å². The monoisotopic (exact) mass is 190 g/mol. The molecule has 0 radical (unpaired) electrons. The van der Waals surface area contributed by atoms with E-state index in [1.807, 2.05) is 0 Å². The van der Waals surface area contributed by atoms with Gasteiger partial charge in [-0.15, -0.1) is 11.6 Å². The smallest absolute Gasteiger partial charge is 0.120 e. The number of allylic oxidation sites excluding steroid dienone is 1. The Kier molecular flexibility index (Phi) is 4.94. The number of rotatable bonds is 1. The lowest BCUT2D eigenvalue weighted by molar-refractivity contribution is 1.70. The van der Waals surface area contributed by atoms with Crippen LogP contribution in [0.1, 0.15) is 0 Å². The van der Waals surface area contributed by atoms with E-state index >= 15 is 0 Å². The van der Waals surface area contributed by atoms with Crippen LogP contribution >= 0.6 is 46.4 Å². The molecule has 0 atom stereocenters. The molecule has 0 aromatic carbocycles. The summed E-state index contributed by atoms with van der Waals surface area (Å²) in [7, 11) is 0. The van der Waals surface area contributed by atoms with Crippen molar-refractivity contribution in [3.63, 3.8) is 0 Å². The number of alkyl halides is 1. The van der Waals surface area contributed by atoms with Crippen LogP contribution in [0.25, 0.3) is 0 Å².